The number of nitrogens with zero attached hydrogens (tertiary/aromatic N) is 2. The minimum Gasteiger partial charge on any atom is -0.387 e. The van der Waals surface area contributed by atoms with Crippen LogP contribution in [0.15, 0.2) is 17.1 Å². The van der Waals surface area contributed by atoms with E-state index in [1.807, 2.05) is 6.92 Å². The molecule has 0 aliphatic carbocycles. The van der Waals surface area contributed by atoms with E-state index < -0.39 is 29.2 Å². The van der Waals surface area contributed by atoms with E-state index in [1.165, 1.54) is 16.8 Å². The summed E-state index contributed by atoms with van der Waals surface area (Å²) in [6, 6.07) is 1.52. The van der Waals surface area contributed by atoms with Crippen molar-refractivity contribution in [2.24, 2.45) is 0 Å². The molecule has 104 valence electrons. The summed E-state index contributed by atoms with van der Waals surface area (Å²) >= 11 is 0. The molecule has 0 spiro atoms. The maximum Gasteiger partial charge on any atom is 0.351 e. The zero-order valence-electron chi connectivity index (χ0n) is 10.9. The van der Waals surface area contributed by atoms with Gasteiger partial charge in [0, 0.05) is 6.20 Å². The molecular weight excluding hydrogens is 250 g/mol. The molecule has 19 heavy (non-hydrogen) atoms. The largest absolute Gasteiger partial charge is 0.387 e. The van der Waals surface area contributed by atoms with Crippen LogP contribution in [-0.2, 0) is 9.47 Å². The van der Waals surface area contributed by atoms with Crippen LogP contribution in [0.2, 0.25) is 0 Å². The number of aliphatic hydroxyl groups is 1. The average Bonchev–Trinajstić information content (AvgIpc) is 2.75. The van der Waals surface area contributed by atoms with Crippen LogP contribution < -0.4 is 11.4 Å². The number of aromatic nitrogens is 2. The summed E-state index contributed by atoms with van der Waals surface area (Å²) in [7, 11) is 0. The van der Waals surface area contributed by atoms with Gasteiger partial charge in [-0.3, -0.25) is 4.57 Å². The van der Waals surface area contributed by atoms with Crippen molar-refractivity contribution in [2.45, 2.75) is 43.8 Å². The molecule has 4 unspecified atom stereocenters. The molecular formula is C12H17N3O4. The zero-order valence-corrected chi connectivity index (χ0v) is 10.9. The third kappa shape index (κ3) is 1.49. The summed E-state index contributed by atoms with van der Waals surface area (Å²) in [5.41, 5.74) is 3.26. The van der Waals surface area contributed by atoms with Crippen LogP contribution >= 0.6 is 0 Å². The molecule has 2 aliphatic rings. The smallest absolute Gasteiger partial charge is 0.351 e. The number of hydrogen-bond acceptors (Lipinski definition) is 6. The highest BCUT2D eigenvalue weighted by atomic mass is 16.7. The highest BCUT2D eigenvalue weighted by molar-refractivity contribution is 5.24. The Labute approximate surface area is 110 Å². The summed E-state index contributed by atoms with van der Waals surface area (Å²) in [5, 5.41) is 10.4. The predicted molar refractivity (Wildman–Crippen MR) is 66.4 cm³/mol. The van der Waals surface area contributed by atoms with Crippen molar-refractivity contribution < 1.29 is 14.6 Å². The van der Waals surface area contributed by atoms with E-state index in [4.69, 9.17) is 15.2 Å². The van der Waals surface area contributed by atoms with Crippen LogP contribution in [0.1, 0.15) is 26.5 Å². The Morgan fingerprint density at radius 3 is 3.00 bits per heavy atom. The number of rotatable bonds is 2. The minimum atomic E-state index is -0.947. The standard InChI is InChI=1S/C12H17N3O4/c1-3-12-6-18-11(2,8(12)16)9(19-12)15-5-4-7(13)14-10(15)17/h4-5,8-9,16H,3,6H2,1-2H3,(H2,13,14,17). The van der Waals surface area contributed by atoms with Crippen LogP contribution in [0, 0.1) is 0 Å². The van der Waals surface area contributed by atoms with Crippen LogP contribution in [0.4, 0.5) is 5.82 Å². The quantitative estimate of drug-likeness (QED) is 0.760. The van der Waals surface area contributed by atoms with Crippen molar-refractivity contribution in [2.75, 3.05) is 12.3 Å². The van der Waals surface area contributed by atoms with Crippen LogP contribution in [0.5, 0.6) is 0 Å². The summed E-state index contributed by atoms with van der Waals surface area (Å²) in [5.74, 6) is 0.154. The first-order valence-corrected chi connectivity index (χ1v) is 6.27. The fourth-order valence-electron chi connectivity index (χ4n) is 2.92. The third-order valence-electron chi connectivity index (χ3n) is 4.21. The Balaban J connectivity index is 2.06. The molecule has 1 aromatic rings. The second-order valence-electron chi connectivity index (χ2n) is 5.31. The molecule has 1 aromatic heterocycles. The molecule has 7 heteroatoms. The van der Waals surface area contributed by atoms with E-state index in [1.54, 1.807) is 6.92 Å². The fourth-order valence-corrected chi connectivity index (χ4v) is 2.92. The lowest BCUT2D eigenvalue weighted by atomic mass is 9.89. The van der Waals surface area contributed by atoms with Gasteiger partial charge in [0.25, 0.3) is 0 Å². The maximum atomic E-state index is 11.9. The Morgan fingerprint density at radius 1 is 1.68 bits per heavy atom. The molecule has 2 saturated heterocycles. The van der Waals surface area contributed by atoms with E-state index in [0.29, 0.717) is 13.0 Å². The van der Waals surface area contributed by atoms with Gasteiger partial charge in [-0.1, -0.05) is 6.92 Å². The van der Waals surface area contributed by atoms with Crippen molar-refractivity contribution in [3.63, 3.8) is 0 Å². The zero-order chi connectivity index (χ0) is 13.8. The Bertz CT molecular complexity index is 574. The monoisotopic (exact) mass is 267 g/mol. The molecule has 3 rings (SSSR count). The van der Waals surface area contributed by atoms with E-state index in [-0.39, 0.29) is 5.82 Å². The van der Waals surface area contributed by atoms with Gasteiger partial charge >= 0.3 is 5.69 Å². The van der Waals surface area contributed by atoms with E-state index >= 15 is 0 Å². The van der Waals surface area contributed by atoms with Crippen molar-refractivity contribution >= 4 is 5.82 Å². The lowest BCUT2D eigenvalue weighted by molar-refractivity contribution is -0.205. The van der Waals surface area contributed by atoms with E-state index in [2.05, 4.69) is 4.98 Å². The molecule has 0 aromatic carbocycles. The molecule has 3 heterocycles. The van der Waals surface area contributed by atoms with Gasteiger partial charge in [-0.15, -0.1) is 0 Å². The Kier molecular flexibility index (Phi) is 2.51. The molecule has 2 bridgehead atoms. The highest BCUT2D eigenvalue weighted by Crippen LogP contribution is 2.53. The number of nitrogen functional groups attached to an aromatic ring is 1. The lowest BCUT2D eigenvalue weighted by Gasteiger charge is -2.33. The van der Waals surface area contributed by atoms with Crippen LogP contribution in [0.25, 0.3) is 0 Å². The fraction of sp³-hybridized carbons (Fsp3) is 0.667. The van der Waals surface area contributed by atoms with Crippen molar-refractivity contribution in [3.8, 4) is 0 Å². The number of fused-ring (bicyclic) bond motifs is 2. The number of hydrogen-bond donors (Lipinski definition) is 2. The summed E-state index contributed by atoms with van der Waals surface area (Å²) < 4.78 is 12.9. The second-order valence-corrected chi connectivity index (χ2v) is 5.31. The van der Waals surface area contributed by atoms with Gasteiger partial charge in [-0.05, 0) is 19.4 Å². The molecule has 2 aliphatic heterocycles. The molecule has 7 nitrogen and oxygen atoms in total. The van der Waals surface area contributed by atoms with Crippen LogP contribution in [0.3, 0.4) is 0 Å². The van der Waals surface area contributed by atoms with Gasteiger partial charge in [0.05, 0.1) is 6.61 Å². The van der Waals surface area contributed by atoms with Crippen molar-refractivity contribution in [1.82, 2.24) is 9.55 Å². The minimum absolute atomic E-state index is 0.154. The summed E-state index contributed by atoms with van der Waals surface area (Å²) in [6.07, 6.45) is 0.647. The first-order valence-electron chi connectivity index (χ1n) is 6.27. The van der Waals surface area contributed by atoms with Crippen molar-refractivity contribution in [3.05, 3.63) is 22.7 Å². The molecule has 4 atom stereocenters. The molecule has 0 saturated carbocycles. The van der Waals surface area contributed by atoms with Gasteiger partial charge in [-0.2, -0.15) is 4.98 Å². The van der Waals surface area contributed by atoms with Gasteiger partial charge in [0.2, 0.25) is 0 Å². The first kappa shape index (κ1) is 12.6. The third-order valence-corrected chi connectivity index (χ3v) is 4.21. The number of nitrogens with two attached hydrogens (primary N) is 1. The van der Waals surface area contributed by atoms with Gasteiger partial charge in [0.15, 0.2) is 6.23 Å². The molecule has 0 amide bonds. The summed E-state index contributed by atoms with van der Waals surface area (Å²) in [6.45, 7) is 4.00. The lowest BCUT2D eigenvalue weighted by Crippen LogP contribution is -2.44. The van der Waals surface area contributed by atoms with Gasteiger partial charge < -0.3 is 20.3 Å². The Hall–Kier alpha value is -1.44. The maximum absolute atomic E-state index is 11.9. The molecule has 0 radical (unpaired) electrons. The normalized spacial score (nSPS) is 40.8. The second kappa shape index (κ2) is 3.78. The number of aliphatic hydroxyl groups excluding tert-OH is 1. The predicted octanol–water partition coefficient (Wildman–Crippen LogP) is -0.347. The Morgan fingerprint density at radius 2 is 2.42 bits per heavy atom. The highest BCUT2D eigenvalue weighted by Gasteiger charge is 2.68. The van der Waals surface area contributed by atoms with Gasteiger partial charge in [-0.25, -0.2) is 4.79 Å². The molecule has 2 fully saturated rings. The van der Waals surface area contributed by atoms with Crippen LogP contribution in [-0.4, -0.2) is 38.6 Å². The van der Waals surface area contributed by atoms with Crippen molar-refractivity contribution in [1.29, 1.82) is 0 Å². The van der Waals surface area contributed by atoms with E-state index in [0.717, 1.165) is 0 Å². The molecule has 3 N–H and O–H groups in total. The topological polar surface area (TPSA) is 99.6 Å². The average molecular weight is 267 g/mol. The number of ether oxygens (including phenoxy) is 2. The SMILES string of the molecule is CCC12COC(C)(C(n3ccc(N)nc3=O)O1)C2O. The summed E-state index contributed by atoms with van der Waals surface area (Å²) in [4.78, 5) is 15.6. The van der Waals surface area contributed by atoms with E-state index in [9.17, 15) is 9.90 Å². The number of anilines is 1. The first-order chi connectivity index (χ1) is 8.93. The van der Waals surface area contributed by atoms with Gasteiger partial charge in [0.1, 0.15) is 23.1 Å².